The second-order valence-corrected chi connectivity index (χ2v) is 9.23. The van der Waals surface area contributed by atoms with Gasteiger partial charge in [0.2, 0.25) is 24.1 Å². The molecule has 2 aromatic rings. The fourth-order valence-electron chi connectivity index (χ4n) is 4.83. The highest BCUT2D eigenvalue weighted by molar-refractivity contribution is 7.12. The molecule has 0 bridgehead atoms. The Morgan fingerprint density at radius 1 is 1.18 bits per heavy atom. The van der Waals surface area contributed by atoms with Crippen LogP contribution in [-0.4, -0.2) is 73.8 Å². The highest BCUT2D eigenvalue weighted by Crippen LogP contribution is 2.54. The van der Waals surface area contributed by atoms with Gasteiger partial charge in [0.05, 0.1) is 30.7 Å². The number of thiophene rings is 1. The number of carbonyl (C=O) groups is 2. The summed E-state index contributed by atoms with van der Waals surface area (Å²) in [6, 6.07) is 4.26. The van der Waals surface area contributed by atoms with Gasteiger partial charge in [0.15, 0.2) is 17.3 Å². The van der Waals surface area contributed by atoms with E-state index in [9.17, 15) is 14.7 Å². The lowest BCUT2D eigenvalue weighted by Crippen LogP contribution is -2.38. The third-order valence-electron chi connectivity index (χ3n) is 6.46. The molecule has 1 saturated heterocycles. The Morgan fingerprint density at radius 2 is 1.94 bits per heavy atom. The van der Waals surface area contributed by atoms with Crippen molar-refractivity contribution in [2.45, 2.75) is 18.9 Å². The first-order chi connectivity index (χ1) is 16.5. The molecule has 9 nitrogen and oxygen atoms in total. The number of likely N-dealkylation sites (tertiary alicyclic amines) is 1. The maximum Gasteiger partial charge on any atom is 0.290 e. The first-order valence-electron chi connectivity index (χ1n) is 11.1. The quantitative estimate of drug-likeness (QED) is 0.569. The summed E-state index contributed by atoms with van der Waals surface area (Å²) in [5.41, 5.74) is 0.510. The van der Waals surface area contributed by atoms with E-state index >= 15 is 0 Å². The number of methoxy groups -OCH3 is 2. The molecule has 3 aliphatic rings. The van der Waals surface area contributed by atoms with Crippen LogP contribution in [0, 0.1) is 0 Å². The van der Waals surface area contributed by atoms with Crippen molar-refractivity contribution in [1.82, 2.24) is 9.80 Å². The largest absolute Gasteiger partial charge is 0.503 e. The summed E-state index contributed by atoms with van der Waals surface area (Å²) in [7, 11) is 2.99. The molecule has 0 saturated carbocycles. The summed E-state index contributed by atoms with van der Waals surface area (Å²) in [4.78, 5) is 31.1. The van der Waals surface area contributed by atoms with Gasteiger partial charge in [0.25, 0.3) is 5.91 Å². The maximum absolute atomic E-state index is 13.5. The molecule has 0 radical (unpaired) electrons. The minimum absolute atomic E-state index is 0.00412. The van der Waals surface area contributed by atoms with Crippen LogP contribution in [0.15, 0.2) is 34.9 Å². The standard InChI is InChI=1S/C24H26N2O7S/c1-30-15-12-14(21(31-2)23-22(15)32-13-33-23)18-17(19(27)16-6-5-11-34-16)20(28)24(29)26(18)10-9-25-7-3-4-8-25/h5-6,11-12,18,28H,3-4,7-10,13H2,1-2H3/t18-/m1/s1. The Labute approximate surface area is 201 Å². The Balaban J connectivity index is 1.63. The minimum Gasteiger partial charge on any atom is -0.503 e. The van der Waals surface area contributed by atoms with Crippen LogP contribution in [0.2, 0.25) is 0 Å². The molecule has 0 aliphatic carbocycles. The van der Waals surface area contributed by atoms with Gasteiger partial charge in [0, 0.05) is 18.7 Å². The van der Waals surface area contributed by atoms with E-state index in [1.165, 1.54) is 30.5 Å². The second-order valence-electron chi connectivity index (χ2n) is 8.28. The van der Waals surface area contributed by atoms with Gasteiger partial charge in [-0.25, -0.2) is 0 Å². The Hall–Kier alpha value is -3.24. The van der Waals surface area contributed by atoms with Gasteiger partial charge >= 0.3 is 0 Å². The Morgan fingerprint density at radius 3 is 2.62 bits per heavy atom. The average molecular weight is 487 g/mol. The van der Waals surface area contributed by atoms with Crippen LogP contribution in [0.4, 0.5) is 0 Å². The lowest BCUT2D eigenvalue weighted by atomic mass is 9.93. The van der Waals surface area contributed by atoms with Crippen molar-refractivity contribution in [3.8, 4) is 23.0 Å². The molecule has 0 unspecified atom stereocenters. The van der Waals surface area contributed by atoms with Gasteiger partial charge in [-0.2, -0.15) is 0 Å². The molecule has 1 aromatic heterocycles. The molecule has 34 heavy (non-hydrogen) atoms. The van der Waals surface area contributed by atoms with Crippen LogP contribution in [0.1, 0.15) is 34.1 Å². The normalized spacial score (nSPS) is 19.9. The predicted molar refractivity (Wildman–Crippen MR) is 124 cm³/mol. The van der Waals surface area contributed by atoms with Crippen LogP contribution >= 0.6 is 11.3 Å². The fraction of sp³-hybridized carbons (Fsp3) is 0.417. The number of nitrogens with zero attached hydrogens (tertiary/aromatic N) is 2. The number of aliphatic hydroxyl groups excluding tert-OH is 1. The number of carbonyl (C=O) groups excluding carboxylic acids is 2. The van der Waals surface area contributed by atoms with Crippen LogP contribution in [0.25, 0.3) is 0 Å². The lowest BCUT2D eigenvalue weighted by molar-refractivity contribution is -0.129. The van der Waals surface area contributed by atoms with E-state index in [4.69, 9.17) is 18.9 Å². The zero-order chi connectivity index (χ0) is 23.8. The number of hydrogen-bond acceptors (Lipinski definition) is 9. The third kappa shape index (κ3) is 3.67. The average Bonchev–Trinajstić information content (AvgIpc) is 3.65. The molecule has 180 valence electrons. The third-order valence-corrected chi connectivity index (χ3v) is 7.33. The van der Waals surface area contributed by atoms with E-state index in [2.05, 4.69) is 4.90 Å². The van der Waals surface area contributed by atoms with Crippen molar-refractivity contribution in [3.63, 3.8) is 0 Å². The molecule has 1 aromatic carbocycles. The van der Waals surface area contributed by atoms with Gasteiger partial charge in [-0.15, -0.1) is 11.3 Å². The Bertz CT molecular complexity index is 1140. The van der Waals surface area contributed by atoms with E-state index in [-0.39, 0.29) is 12.4 Å². The number of rotatable bonds is 8. The molecule has 5 rings (SSSR count). The number of fused-ring (bicyclic) bond motifs is 1. The van der Waals surface area contributed by atoms with Crippen LogP contribution in [-0.2, 0) is 4.79 Å². The molecule has 1 fully saturated rings. The summed E-state index contributed by atoms with van der Waals surface area (Å²) >= 11 is 1.26. The number of aliphatic hydroxyl groups is 1. The van der Waals surface area contributed by atoms with E-state index in [1.807, 2.05) is 0 Å². The number of benzene rings is 1. The number of hydrogen-bond donors (Lipinski definition) is 1. The van der Waals surface area contributed by atoms with Crippen molar-refractivity contribution in [2.24, 2.45) is 0 Å². The van der Waals surface area contributed by atoms with Crippen LogP contribution in [0.3, 0.4) is 0 Å². The number of Topliss-reactive ketones (excluding diaryl/α,β-unsaturated/α-hetero) is 1. The van der Waals surface area contributed by atoms with Crippen molar-refractivity contribution >= 4 is 23.0 Å². The molecule has 1 N–H and O–H groups in total. The van der Waals surface area contributed by atoms with E-state index in [0.29, 0.717) is 46.5 Å². The van der Waals surface area contributed by atoms with Crippen molar-refractivity contribution in [1.29, 1.82) is 0 Å². The first-order valence-corrected chi connectivity index (χ1v) is 12.0. The first kappa shape index (κ1) is 22.5. The molecule has 4 heterocycles. The van der Waals surface area contributed by atoms with E-state index in [0.717, 1.165) is 25.9 Å². The molecule has 0 spiro atoms. The second kappa shape index (κ2) is 9.19. The molecular weight excluding hydrogens is 460 g/mol. The fourth-order valence-corrected chi connectivity index (χ4v) is 5.51. The summed E-state index contributed by atoms with van der Waals surface area (Å²) in [5.74, 6) is -0.0407. The van der Waals surface area contributed by atoms with Gasteiger partial charge in [-0.05, 0) is 43.4 Å². The lowest BCUT2D eigenvalue weighted by Gasteiger charge is -2.30. The summed E-state index contributed by atoms with van der Waals surface area (Å²) in [5, 5.41) is 12.7. The van der Waals surface area contributed by atoms with Crippen molar-refractivity contribution < 1.29 is 33.6 Å². The molecular formula is C24H26N2O7S. The highest BCUT2D eigenvalue weighted by Gasteiger charge is 2.46. The summed E-state index contributed by atoms with van der Waals surface area (Å²) < 4.78 is 22.4. The van der Waals surface area contributed by atoms with Crippen molar-refractivity contribution in [2.75, 3.05) is 47.2 Å². The van der Waals surface area contributed by atoms with Gasteiger partial charge < -0.3 is 33.9 Å². The van der Waals surface area contributed by atoms with Crippen LogP contribution in [0.5, 0.6) is 23.0 Å². The zero-order valence-corrected chi connectivity index (χ0v) is 19.9. The maximum atomic E-state index is 13.5. The zero-order valence-electron chi connectivity index (χ0n) is 19.0. The Kier molecular flexibility index (Phi) is 6.09. The highest BCUT2D eigenvalue weighted by atomic mass is 32.1. The van der Waals surface area contributed by atoms with Crippen molar-refractivity contribution in [3.05, 3.63) is 45.4 Å². The predicted octanol–water partition coefficient (Wildman–Crippen LogP) is 3.17. The van der Waals surface area contributed by atoms with Gasteiger partial charge in [-0.3, -0.25) is 9.59 Å². The molecule has 1 amide bonds. The summed E-state index contributed by atoms with van der Waals surface area (Å²) in [6.07, 6.45) is 2.24. The van der Waals surface area contributed by atoms with E-state index in [1.54, 1.807) is 23.6 Å². The van der Waals surface area contributed by atoms with Crippen LogP contribution < -0.4 is 18.9 Å². The van der Waals surface area contributed by atoms with E-state index < -0.39 is 23.5 Å². The molecule has 1 atom stereocenters. The molecule has 3 aliphatic heterocycles. The number of ether oxygens (including phenoxy) is 4. The topological polar surface area (TPSA) is 97.8 Å². The molecule has 10 heteroatoms. The van der Waals surface area contributed by atoms with Gasteiger partial charge in [-0.1, -0.05) is 6.07 Å². The minimum atomic E-state index is -0.872. The monoisotopic (exact) mass is 486 g/mol. The summed E-state index contributed by atoms with van der Waals surface area (Å²) in [6.45, 7) is 2.91. The SMILES string of the molecule is COc1cc([C@@H]2C(C(=O)c3cccs3)=C(O)C(=O)N2CCN2CCCC2)c(OC)c2c1OCO2. The smallest absolute Gasteiger partial charge is 0.290 e. The number of ketones is 1. The van der Waals surface area contributed by atoms with Gasteiger partial charge in [0.1, 0.15) is 0 Å². The number of amides is 1.